The topological polar surface area (TPSA) is 129 Å². The number of methoxy groups -OCH3 is 1. The third-order valence-corrected chi connectivity index (χ3v) is 6.11. The highest BCUT2D eigenvalue weighted by Gasteiger charge is 2.19. The van der Waals surface area contributed by atoms with Crippen molar-refractivity contribution >= 4 is 56.9 Å². The molecule has 200 valence electrons. The molecule has 0 aliphatic carbocycles. The quantitative estimate of drug-likeness (QED) is 0.236. The molecule has 0 spiro atoms. The molecule has 0 bridgehead atoms. The van der Waals surface area contributed by atoms with E-state index in [0.29, 0.717) is 33.8 Å². The number of aromatic nitrogens is 4. The van der Waals surface area contributed by atoms with Gasteiger partial charge in [-0.3, -0.25) is 14.2 Å². The van der Waals surface area contributed by atoms with Crippen molar-refractivity contribution in [2.45, 2.75) is 0 Å². The number of hydrogen-bond donors (Lipinski definition) is 4. The molecule has 0 aliphatic rings. The predicted octanol–water partition coefficient (Wildman–Crippen LogP) is 4.11. The molecule has 1 amide bonds. The van der Waals surface area contributed by atoms with E-state index in [0.717, 1.165) is 5.39 Å². The summed E-state index contributed by atoms with van der Waals surface area (Å²) in [7, 11) is 6.65. The second-order valence-electron chi connectivity index (χ2n) is 9.06. The van der Waals surface area contributed by atoms with Crippen molar-refractivity contribution in [3.8, 4) is 5.75 Å². The monoisotopic (exact) mass is 530 g/mol. The Morgan fingerprint density at radius 1 is 1.10 bits per heavy atom. The number of hydrogen-bond acceptors (Lipinski definition) is 8. The Kier molecular flexibility index (Phi) is 6.86. The van der Waals surface area contributed by atoms with Crippen LogP contribution in [0.5, 0.6) is 5.75 Å². The molecule has 0 radical (unpaired) electrons. The second-order valence-corrected chi connectivity index (χ2v) is 9.06. The van der Waals surface area contributed by atoms with Gasteiger partial charge in [-0.05, 0) is 50.5 Å². The van der Waals surface area contributed by atoms with Gasteiger partial charge in [0.1, 0.15) is 23.0 Å². The largest absolute Gasteiger partial charge is 0.495 e. The van der Waals surface area contributed by atoms with Gasteiger partial charge in [-0.25, -0.2) is 4.39 Å². The fourth-order valence-electron chi connectivity index (χ4n) is 4.32. The molecule has 0 saturated heterocycles. The summed E-state index contributed by atoms with van der Waals surface area (Å²) in [6.07, 6.45) is 3.43. The summed E-state index contributed by atoms with van der Waals surface area (Å²) in [6.45, 7) is 0.248. The van der Waals surface area contributed by atoms with Crippen LogP contribution >= 0.6 is 0 Å². The SMILES string of the molecule is CNC(=O)c1c(F)cccc1Nc1nc(Nc2cc3c(ccn3C(=O)CN(C)C)cc2OC)nc2[nH]ccc12. The number of likely N-dealkylation sites (N-methyl/N-ethyl adjacent to an activating group) is 1. The fraction of sp³-hybridized carbons (Fsp3) is 0.185. The summed E-state index contributed by atoms with van der Waals surface area (Å²) < 4.78 is 21.7. The fourth-order valence-corrected chi connectivity index (χ4v) is 4.32. The number of benzene rings is 2. The summed E-state index contributed by atoms with van der Waals surface area (Å²) in [5, 5.41) is 10.2. The normalized spacial score (nSPS) is 11.2. The predicted molar refractivity (Wildman–Crippen MR) is 148 cm³/mol. The first kappa shape index (κ1) is 25.7. The lowest BCUT2D eigenvalue weighted by atomic mass is 10.1. The average Bonchev–Trinajstić information content (AvgIpc) is 3.54. The molecule has 39 heavy (non-hydrogen) atoms. The van der Waals surface area contributed by atoms with Crippen LogP contribution in [0.3, 0.4) is 0 Å². The minimum Gasteiger partial charge on any atom is -0.495 e. The van der Waals surface area contributed by atoms with Crippen molar-refractivity contribution in [1.29, 1.82) is 0 Å². The molecular weight excluding hydrogens is 503 g/mol. The number of amides is 1. The van der Waals surface area contributed by atoms with Gasteiger partial charge in [0, 0.05) is 24.8 Å². The van der Waals surface area contributed by atoms with Crippen molar-refractivity contribution in [2.24, 2.45) is 0 Å². The molecule has 12 heteroatoms. The molecule has 0 atom stereocenters. The number of fused-ring (bicyclic) bond motifs is 2. The van der Waals surface area contributed by atoms with Crippen LogP contribution in [0.4, 0.5) is 27.5 Å². The maximum Gasteiger partial charge on any atom is 0.256 e. The third-order valence-electron chi connectivity index (χ3n) is 6.11. The van der Waals surface area contributed by atoms with Crippen molar-refractivity contribution in [3.05, 3.63) is 66.2 Å². The second kappa shape index (κ2) is 10.4. The number of ether oxygens (including phenoxy) is 1. The van der Waals surface area contributed by atoms with Crippen LogP contribution in [0.15, 0.2) is 54.9 Å². The first-order chi connectivity index (χ1) is 18.8. The molecule has 5 rings (SSSR count). The van der Waals surface area contributed by atoms with Crippen molar-refractivity contribution in [3.63, 3.8) is 0 Å². The molecule has 2 aromatic carbocycles. The Balaban J connectivity index is 1.56. The van der Waals surface area contributed by atoms with Gasteiger partial charge >= 0.3 is 0 Å². The molecule has 0 unspecified atom stereocenters. The van der Waals surface area contributed by atoms with Crippen LogP contribution in [0.25, 0.3) is 21.9 Å². The first-order valence-electron chi connectivity index (χ1n) is 12.1. The van der Waals surface area contributed by atoms with E-state index in [1.54, 1.807) is 47.2 Å². The number of carbonyl (C=O) groups is 2. The highest BCUT2D eigenvalue weighted by Crippen LogP contribution is 2.34. The maximum absolute atomic E-state index is 14.6. The zero-order chi connectivity index (χ0) is 27.7. The van der Waals surface area contributed by atoms with Crippen LogP contribution in [-0.4, -0.2) is 71.0 Å². The Hall–Kier alpha value is -4.97. The van der Waals surface area contributed by atoms with E-state index in [9.17, 15) is 14.0 Å². The smallest absolute Gasteiger partial charge is 0.256 e. The highest BCUT2D eigenvalue weighted by molar-refractivity contribution is 6.02. The molecule has 11 nitrogen and oxygen atoms in total. The summed E-state index contributed by atoms with van der Waals surface area (Å²) >= 11 is 0. The van der Waals surface area contributed by atoms with E-state index in [1.807, 2.05) is 26.2 Å². The molecule has 0 saturated carbocycles. The van der Waals surface area contributed by atoms with Crippen LogP contribution < -0.4 is 20.7 Å². The van der Waals surface area contributed by atoms with E-state index in [1.165, 1.54) is 19.2 Å². The van der Waals surface area contributed by atoms with Crippen LogP contribution in [0.1, 0.15) is 15.2 Å². The van der Waals surface area contributed by atoms with Gasteiger partial charge in [-0.1, -0.05) is 6.07 Å². The maximum atomic E-state index is 14.6. The van der Waals surface area contributed by atoms with E-state index >= 15 is 0 Å². The highest BCUT2D eigenvalue weighted by atomic mass is 19.1. The van der Waals surface area contributed by atoms with Gasteiger partial charge in [0.2, 0.25) is 11.9 Å². The minimum absolute atomic E-state index is 0.0799. The van der Waals surface area contributed by atoms with Crippen molar-refractivity contribution in [2.75, 3.05) is 45.4 Å². The number of halogens is 1. The Bertz CT molecular complexity index is 1710. The number of aromatic amines is 1. The zero-order valence-corrected chi connectivity index (χ0v) is 21.8. The Labute approximate surface area is 223 Å². The zero-order valence-electron chi connectivity index (χ0n) is 21.8. The lowest BCUT2D eigenvalue weighted by Crippen LogP contribution is -2.25. The molecule has 3 aromatic heterocycles. The number of H-pyrrole nitrogens is 1. The molecular formula is C27H27FN8O3. The third kappa shape index (κ3) is 4.97. The number of nitrogens with one attached hydrogen (secondary N) is 4. The number of nitrogens with zero attached hydrogens (tertiary/aromatic N) is 4. The number of rotatable bonds is 8. The van der Waals surface area contributed by atoms with Gasteiger partial charge in [0.05, 0.1) is 41.5 Å². The lowest BCUT2D eigenvalue weighted by molar-refractivity contribution is 0.0881. The van der Waals surface area contributed by atoms with Crippen LogP contribution in [0, 0.1) is 5.82 Å². The average molecular weight is 531 g/mol. The van der Waals surface area contributed by atoms with E-state index in [4.69, 9.17) is 4.74 Å². The Morgan fingerprint density at radius 2 is 1.92 bits per heavy atom. The standard InChI is InChI=1S/C27H27FN8O3/c1-29-26(38)23-17(28)6-5-7-18(23)31-25-16-8-10-30-24(16)33-27(34-25)32-19-13-20-15(12-21(19)39-4)9-11-36(20)22(37)14-35(2)3/h5-13H,14H2,1-4H3,(H,29,38)(H3,30,31,32,33,34). The van der Waals surface area contributed by atoms with Gasteiger partial charge in [-0.15, -0.1) is 0 Å². The van der Waals surface area contributed by atoms with Crippen molar-refractivity contribution < 1.29 is 18.7 Å². The molecule has 5 aromatic rings. The lowest BCUT2D eigenvalue weighted by Gasteiger charge is -2.15. The summed E-state index contributed by atoms with van der Waals surface area (Å²) in [5.41, 5.74) is 1.86. The molecule has 0 fully saturated rings. The van der Waals surface area contributed by atoms with Gasteiger partial charge in [0.15, 0.2) is 0 Å². The van der Waals surface area contributed by atoms with E-state index < -0.39 is 11.7 Å². The first-order valence-corrected chi connectivity index (χ1v) is 12.1. The number of carbonyl (C=O) groups excluding carboxylic acids is 2. The summed E-state index contributed by atoms with van der Waals surface area (Å²) in [5.74, 6) is -0.231. The van der Waals surface area contributed by atoms with Crippen molar-refractivity contribution in [1.82, 2.24) is 29.7 Å². The summed E-state index contributed by atoms with van der Waals surface area (Å²) in [6, 6.07) is 11.6. The van der Waals surface area contributed by atoms with E-state index in [-0.39, 0.29) is 29.7 Å². The Morgan fingerprint density at radius 3 is 2.67 bits per heavy atom. The van der Waals surface area contributed by atoms with Crippen LogP contribution in [0.2, 0.25) is 0 Å². The van der Waals surface area contributed by atoms with Gasteiger partial charge in [-0.2, -0.15) is 9.97 Å². The van der Waals surface area contributed by atoms with Gasteiger partial charge in [0.25, 0.3) is 5.91 Å². The molecule has 4 N–H and O–H groups in total. The minimum atomic E-state index is -0.665. The van der Waals surface area contributed by atoms with E-state index in [2.05, 4.69) is 30.9 Å². The van der Waals surface area contributed by atoms with Crippen LogP contribution in [-0.2, 0) is 0 Å². The van der Waals surface area contributed by atoms with Gasteiger partial charge < -0.3 is 30.6 Å². The number of anilines is 4. The summed E-state index contributed by atoms with van der Waals surface area (Å²) in [4.78, 5) is 39.2. The molecule has 0 aliphatic heterocycles. The molecule has 3 heterocycles.